The Balaban J connectivity index is 2.18. The van der Waals surface area contributed by atoms with Gasteiger partial charge in [0.15, 0.2) is 5.82 Å². The molecule has 1 N–H and O–H groups in total. The Morgan fingerprint density at radius 3 is 2.78 bits per heavy atom. The van der Waals surface area contributed by atoms with Gasteiger partial charge in [-0.15, -0.1) is 0 Å². The second-order valence-electron chi connectivity index (χ2n) is 4.70. The fraction of sp³-hybridized carbons (Fsp3) is 0.462. The van der Waals surface area contributed by atoms with E-state index < -0.39 is 11.4 Å². The first-order valence-electron chi connectivity index (χ1n) is 5.86. The fourth-order valence-corrected chi connectivity index (χ4v) is 2.75. The van der Waals surface area contributed by atoms with Crippen molar-refractivity contribution in [2.75, 3.05) is 18.0 Å². The molecule has 5 heteroatoms. The van der Waals surface area contributed by atoms with Crippen LogP contribution in [0.15, 0.2) is 16.6 Å². The topological polar surface area (TPSA) is 47.3 Å². The highest BCUT2D eigenvalue weighted by Crippen LogP contribution is 2.35. The second-order valence-corrected chi connectivity index (χ2v) is 5.50. The molecule has 18 heavy (non-hydrogen) atoms. The van der Waals surface area contributed by atoms with Gasteiger partial charge >= 0.3 is 0 Å². The molecule has 0 spiro atoms. The van der Waals surface area contributed by atoms with Crippen molar-refractivity contribution in [1.82, 2.24) is 0 Å². The van der Waals surface area contributed by atoms with E-state index in [0.717, 1.165) is 12.8 Å². The van der Waals surface area contributed by atoms with Crippen molar-refractivity contribution in [3.05, 3.63) is 28.0 Å². The lowest BCUT2D eigenvalue weighted by atomic mass is 9.88. The van der Waals surface area contributed by atoms with Gasteiger partial charge in [0, 0.05) is 13.1 Å². The van der Waals surface area contributed by atoms with Gasteiger partial charge in [-0.2, -0.15) is 5.26 Å². The van der Waals surface area contributed by atoms with Gasteiger partial charge < -0.3 is 10.0 Å². The van der Waals surface area contributed by atoms with E-state index in [4.69, 9.17) is 5.26 Å². The first kappa shape index (κ1) is 13.3. The first-order chi connectivity index (χ1) is 8.50. The van der Waals surface area contributed by atoms with Crippen LogP contribution < -0.4 is 4.90 Å². The van der Waals surface area contributed by atoms with E-state index >= 15 is 0 Å². The average molecular weight is 313 g/mol. The summed E-state index contributed by atoms with van der Waals surface area (Å²) in [6.45, 7) is 2.89. The summed E-state index contributed by atoms with van der Waals surface area (Å²) in [6, 6.07) is 5.09. The molecule has 0 radical (unpaired) electrons. The summed E-state index contributed by atoms with van der Waals surface area (Å²) in [5.74, 6) is -0.437. The first-order valence-corrected chi connectivity index (χ1v) is 6.65. The highest BCUT2D eigenvalue weighted by atomic mass is 79.9. The number of rotatable bonds is 3. The molecule has 96 valence electrons. The lowest BCUT2D eigenvalue weighted by molar-refractivity contribution is 0.00305. The number of hydrogen-bond acceptors (Lipinski definition) is 3. The molecule has 1 fully saturated rings. The van der Waals surface area contributed by atoms with Crippen molar-refractivity contribution in [3.63, 3.8) is 0 Å². The van der Waals surface area contributed by atoms with Crippen LogP contribution in [-0.2, 0) is 0 Å². The molecule has 0 unspecified atom stereocenters. The van der Waals surface area contributed by atoms with Crippen molar-refractivity contribution in [1.29, 1.82) is 5.26 Å². The summed E-state index contributed by atoms with van der Waals surface area (Å²) in [5, 5.41) is 18.9. The third kappa shape index (κ3) is 2.23. The number of aliphatic hydroxyl groups is 1. The molecule has 0 aromatic heterocycles. The Bertz CT molecular complexity index is 506. The molecule has 1 aliphatic rings. The maximum Gasteiger partial charge on any atom is 0.161 e. The monoisotopic (exact) mass is 312 g/mol. The van der Waals surface area contributed by atoms with Gasteiger partial charge in [-0.25, -0.2) is 4.39 Å². The lowest BCUT2D eigenvalue weighted by Crippen LogP contribution is -2.62. The zero-order valence-corrected chi connectivity index (χ0v) is 11.7. The molecule has 0 saturated carbocycles. The molecule has 0 aliphatic carbocycles. The summed E-state index contributed by atoms with van der Waals surface area (Å²) in [5.41, 5.74) is 0.0175. The van der Waals surface area contributed by atoms with Crippen molar-refractivity contribution < 1.29 is 9.50 Å². The molecule has 0 amide bonds. The molecule has 1 aromatic carbocycles. The number of hydrogen-bond donors (Lipinski definition) is 1. The van der Waals surface area contributed by atoms with Crippen LogP contribution >= 0.6 is 15.9 Å². The fourth-order valence-electron chi connectivity index (χ4n) is 2.33. The predicted molar refractivity (Wildman–Crippen MR) is 70.9 cm³/mol. The van der Waals surface area contributed by atoms with Gasteiger partial charge in [0.25, 0.3) is 0 Å². The van der Waals surface area contributed by atoms with Crippen molar-refractivity contribution in [2.24, 2.45) is 0 Å². The molecular weight excluding hydrogens is 299 g/mol. The van der Waals surface area contributed by atoms with E-state index in [2.05, 4.69) is 15.9 Å². The number of halogens is 2. The number of β-amino-alcohol motifs (C(OH)–C–C–N with tert-alkyl or cyclic N) is 1. The molecule has 1 aliphatic heterocycles. The molecule has 0 bridgehead atoms. The van der Waals surface area contributed by atoms with Crippen LogP contribution in [0.4, 0.5) is 10.1 Å². The summed E-state index contributed by atoms with van der Waals surface area (Å²) in [7, 11) is 0. The Morgan fingerprint density at radius 2 is 2.22 bits per heavy atom. The van der Waals surface area contributed by atoms with Crippen LogP contribution in [0.1, 0.15) is 25.3 Å². The van der Waals surface area contributed by atoms with Crippen LogP contribution in [0, 0.1) is 17.1 Å². The predicted octanol–water partition coefficient (Wildman–Crippen LogP) is 2.81. The highest BCUT2D eigenvalue weighted by molar-refractivity contribution is 9.10. The van der Waals surface area contributed by atoms with Gasteiger partial charge in [0.1, 0.15) is 6.07 Å². The van der Waals surface area contributed by atoms with Gasteiger partial charge in [0.05, 0.1) is 21.3 Å². The van der Waals surface area contributed by atoms with Crippen LogP contribution in [0.2, 0.25) is 0 Å². The molecule has 0 atom stereocenters. The van der Waals surface area contributed by atoms with Crippen LogP contribution in [0.3, 0.4) is 0 Å². The molecule has 1 aromatic rings. The largest absolute Gasteiger partial charge is 0.386 e. The van der Waals surface area contributed by atoms with E-state index in [9.17, 15) is 9.50 Å². The quantitative estimate of drug-likeness (QED) is 0.933. The van der Waals surface area contributed by atoms with Crippen LogP contribution in [0.25, 0.3) is 0 Å². The Morgan fingerprint density at radius 1 is 1.56 bits per heavy atom. The molecular formula is C13H14BrFN2O. The maximum atomic E-state index is 14.0. The van der Waals surface area contributed by atoms with Crippen molar-refractivity contribution in [3.8, 4) is 6.07 Å². The molecule has 1 saturated heterocycles. The van der Waals surface area contributed by atoms with Crippen molar-refractivity contribution >= 4 is 21.6 Å². The molecule has 2 rings (SSSR count). The van der Waals surface area contributed by atoms with Crippen LogP contribution in [0.5, 0.6) is 0 Å². The normalized spacial score (nSPS) is 17.2. The second kappa shape index (κ2) is 4.87. The zero-order chi connectivity index (χ0) is 13.3. The Labute approximate surface area is 114 Å². The molecule has 3 nitrogen and oxygen atoms in total. The highest BCUT2D eigenvalue weighted by Gasteiger charge is 2.41. The summed E-state index contributed by atoms with van der Waals surface area (Å²) < 4.78 is 14.2. The number of benzene rings is 1. The van der Waals surface area contributed by atoms with Gasteiger partial charge in [-0.3, -0.25) is 0 Å². The number of nitriles is 1. The summed E-state index contributed by atoms with van der Waals surface area (Å²) >= 11 is 3.09. The SMILES string of the molecule is CCCC1(O)CN(c2ccc(C#N)c(Br)c2F)C1. The minimum absolute atomic E-state index is 0.188. The standard InChI is InChI=1S/C13H14BrFN2O/c1-2-5-13(18)7-17(8-13)10-4-3-9(6-16)11(14)12(10)15/h3-4,18H,2,5,7-8H2,1H3. The third-order valence-electron chi connectivity index (χ3n) is 3.21. The average Bonchev–Trinajstić information content (AvgIpc) is 2.30. The summed E-state index contributed by atoms with van der Waals surface area (Å²) in [4.78, 5) is 1.79. The zero-order valence-electron chi connectivity index (χ0n) is 10.1. The Kier molecular flexibility index (Phi) is 3.60. The smallest absolute Gasteiger partial charge is 0.161 e. The minimum Gasteiger partial charge on any atom is -0.386 e. The van der Waals surface area contributed by atoms with Crippen molar-refractivity contribution in [2.45, 2.75) is 25.4 Å². The van der Waals surface area contributed by atoms with E-state index in [1.165, 1.54) is 0 Å². The third-order valence-corrected chi connectivity index (χ3v) is 3.98. The van der Waals surface area contributed by atoms with Gasteiger partial charge in [-0.1, -0.05) is 13.3 Å². The summed E-state index contributed by atoms with van der Waals surface area (Å²) in [6.07, 6.45) is 1.63. The van der Waals surface area contributed by atoms with Gasteiger partial charge in [-0.05, 0) is 34.5 Å². The van der Waals surface area contributed by atoms with E-state index in [1.54, 1.807) is 17.0 Å². The lowest BCUT2D eigenvalue weighted by Gasteiger charge is -2.48. The Hall–Kier alpha value is -1.12. The molecule has 1 heterocycles. The minimum atomic E-state index is -0.693. The van der Waals surface area contributed by atoms with E-state index in [-0.39, 0.29) is 10.0 Å². The number of nitrogens with zero attached hydrogens (tertiary/aromatic N) is 2. The maximum absolute atomic E-state index is 14.0. The van der Waals surface area contributed by atoms with E-state index in [1.807, 2.05) is 13.0 Å². The van der Waals surface area contributed by atoms with Crippen LogP contribution in [-0.4, -0.2) is 23.8 Å². The number of anilines is 1. The van der Waals surface area contributed by atoms with E-state index in [0.29, 0.717) is 18.8 Å². The van der Waals surface area contributed by atoms with Gasteiger partial charge in [0.2, 0.25) is 0 Å².